The second kappa shape index (κ2) is 7.10. The molecule has 4 rings (SSSR count). The molecule has 146 valence electrons. The summed E-state index contributed by atoms with van der Waals surface area (Å²) in [4.78, 5) is 50.1. The van der Waals surface area contributed by atoms with E-state index in [0.29, 0.717) is 11.4 Å². The second-order valence-electron chi connectivity index (χ2n) is 7.20. The molecule has 1 aromatic carbocycles. The maximum absolute atomic E-state index is 12.5. The van der Waals surface area contributed by atoms with E-state index in [0.717, 1.165) is 11.3 Å². The number of fused-ring (bicyclic) bond motifs is 5. The molecule has 1 heterocycles. The number of nitrogens with zero attached hydrogens (tertiary/aromatic N) is 1. The third-order valence-electron chi connectivity index (χ3n) is 5.57. The van der Waals surface area contributed by atoms with Crippen LogP contribution in [0.1, 0.15) is 6.42 Å². The monoisotopic (exact) mass is 384 g/mol. The average molecular weight is 384 g/mol. The first kappa shape index (κ1) is 18.2. The zero-order valence-electron chi connectivity index (χ0n) is 15.3. The van der Waals surface area contributed by atoms with Crippen LogP contribution in [-0.2, 0) is 23.9 Å². The molecule has 0 spiro atoms. The minimum Gasteiger partial charge on any atom is -0.497 e. The van der Waals surface area contributed by atoms with E-state index in [-0.39, 0.29) is 35.5 Å². The van der Waals surface area contributed by atoms with Gasteiger partial charge in [-0.1, -0.05) is 18.2 Å². The molecule has 0 unspecified atom stereocenters. The smallest absolute Gasteiger partial charge is 0.326 e. The number of rotatable bonds is 6. The van der Waals surface area contributed by atoms with Gasteiger partial charge in [0.05, 0.1) is 18.9 Å². The van der Waals surface area contributed by atoms with Crippen LogP contribution in [0.5, 0.6) is 5.75 Å². The molecule has 0 radical (unpaired) electrons. The lowest BCUT2D eigenvalue weighted by atomic mass is 9.85. The van der Waals surface area contributed by atoms with Gasteiger partial charge >= 0.3 is 5.97 Å². The summed E-state index contributed by atoms with van der Waals surface area (Å²) in [7, 11) is 1.51. The molecule has 3 amide bonds. The van der Waals surface area contributed by atoms with Crippen LogP contribution in [0.25, 0.3) is 0 Å². The fourth-order valence-electron chi connectivity index (χ4n) is 4.34. The number of carbonyl (C=O) groups excluding carboxylic acids is 4. The quantitative estimate of drug-likeness (QED) is 0.446. The highest BCUT2D eigenvalue weighted by Gasteiger charge is 2.59. The summed E-state index contributed by atoms with van der Waals surface area (Å²) in [5, 5.41) is 2.58. The molecular weight excluding hydrogens is 364 g/mol. The molecule has 2 aliphatic carbocycles. The van der Waals surface area contributed by atoms with E-state index >= 15 is 0 Å². The zero-order valence-corrected chi connectivity index (χ0v) is 15.3. The number of imide groups is 1. The van der Waals surface area contributed by atoms with Gasteiger partial charge in [0, 0.05) is 11.8 Å². The first-order valence-electron chi connectivity index (χ1n) is 9.11. The van der Waals surface area contributed by atoms with E-state index in [1.165, 1.54) is 7.11 Å². The lowest BCUT2D eigenvalue weighted by Gasteiger charge is -2.16. The number of hydrogen-bond donors (Lipinski definition) is 1. The van der Waals surface area contributed by atoms with E-state index in [1.54, 1.807) is 24.3 Å². The first-order chi connectivity index (χ1) is 13.5. The molecule has 28 heavy (non-hydrogen) atoms. The molecular formula is C20H20N2O6. The molecule has 0 aromatic heterocycles. The summed E-state index contributed by atoms with van der Waals surface area (Å²) >= 11 is 0. The Hall–Kier alpha value is -3.16. The minimum atomic E-state index is -0.789. The van der Waals surface area contributed by atoms with Crippen molar-refractivity contribution in [3.8, 4) is 5.75 Å². The van der Waals surface area contributed by atoms with Gasteiger partial charge in [-0.15, -0.1) is 0 Å². The van der Waals surface area contributed by atoms with Crippen molar-refractivity contribution in [3.63, 3.8) is 0 Å². The Morgan fingerprint density at radius 2 is 1.82 bits per heavy atom. The van der Waals surface area contributed by atoms with Crippen LogP contribution >= 0.6 is 0 Å². The van der Waals surface area contributed by atoms with Crippen molar-refractivity contribution in [1.29, 1.82) is 0 Å². The summed E-state index contributed by atoms with van der Waals surface area (Å²) < 4.78 is 10.0. The number of ether oxygens (including phenoxy) is 2. The number of anilines is 1. The van der Waals surface area contributed by atoms with Gasteiger partial charge in [0.1, 0.15) is 12.3 Å². The van der Waals surface area contributed by atoms with Crippen molar-refractivity contribution in [1.82, 2.24) is 4.90 Å². The number of likely N-dealkylation sites (tertiary alicyclic amines) is 1. The number of carbonyl (C=O) groups is 4. The van der Waals surface area contributed by atoms with Crippen LogP contribution in [-0.4, -0.2) is 48.9 Å². The van der Waals surface area contributed by atoms with Crippen LogP contribution < -0.4 is 10.1 Å². The molecule has 3 aliphatic rings. The number of benzene rings is 1. The molecule has 2 bridgehead atoms. The number of esters is 1. The van der Waals surface area contributed by atoms with Crippen LogP contribution in [0.4, 0.5) is 5.69 Å². The van der Waals surface area contributed by atoms with Crippen LogP contribution in [0.15, 0.2) is 36.4 Å². The largest absolute Gasteiger partial charge is 0.497 e. The van der Waals surface area contributed by atoms with Crippen LogP contribution in [0.3, 0.4) is 0 Å². The van der Waals surface area contributed by atoms with E-state index in [4.69, 9.17) is 9.47 Å². The Kier molecular flexibility index (Phi) is 4.62. The summed E-state index contributed by atoms with van der Waals surface area (Å²) in [5.74, 6) is -1.91. The molecule has 1 aliphatic heterocycles. The maximum atomic E-state index is 12.5. The Bertz CT molecular complexity index is 849. The number of hydrogen-bond acceptors (Lipinski definition) is 6. The van der Waals surface area contributed by atoms with Crippen molar-refractivity contribution in [3.05, 3.63) is 36.4 Å². The predicted molar refractivity (Wildman–Crippen MR) is 97.0 cm³/mol. The van der Waals surface area contributed by atoms with Crippen molar-refractivity contribution in [2.24, 2.45) is 23.7 Å². The third-order valence-corrected chi connectivity index (χ3v) is 5.57. The molecule has 2 fully saturated rings. The van der Waals surface area contributed by atoms with E-state index in [9.17, 15) is 19.2 Å². The maximum Gasteiger partial charge on any atom is 0.326 e. The molecule has 1 saturated carbocycles. The molecule has 8 heteroatoms. The number of nitrogens with one attached hydrogen (secondary N) is 1. The van der Waals surface area contributed by atoms with E-state index in [2.05, 4.69) is 5.32 Å². The van der Waals surface area contributed by atoms with Gasteiger partial charge < -0.3 is 14.8 Å². The first-order valence-corrected chi connectivity index (χ1v) is 9.11. The van der Waals surface area contributed by atoms with Gasteiger partial charge in [0.15, 0.2) is 6.61 Å². The van der Waals surface area contributed by atoms with Crippen molar-refractivity contribution < 1.29 is 28.7 Å². The van der Waals surface area contributed by atoms with Crippen molar-refractivity contribution in [2.75, 3.05) is 25.6 Å². The van der Waals surface area contributed by atoms with Crippen LogP contribution in [0.2, 0.25) is 0 Å². The minimum absolute atomic E-state index is 0.0844. The summed E-state index contributed by atoms with van der Waals surface area (Å²) in [6.45, 7) is -0.970. The SMILES string of the molecule is COc1cccc(NC(=O)COC(=O)CN2C(=O)[C@H]3[C@H](C2=O)[C@H]2C=C[C@H]3C2)c1. The number of methoxy groups -OCH3 is 1. The third kappa shape index (κ3) is 3.15. The summed E-state index contributed by atoms with van der Waals surface area (Å²) in [5.41, 5.74) is 0.501. The summed E-state index contributed by atoms with van der Waals surface area (Å²) in [6.07, 6.45) is 4.80. The van der Waals surface area contributed by atoms with E-state index in [1.807, 2.05) is 12.2 Å². The average Bonchev–Trinajstić information content (AvgIpc) is 3.36. The Balaban J connectivity index is 1.28. The highest BCUT2D eigenvalue weighted by Crippen LogP contribution is 2.52. The lowest BCUT2D eigenvalue weighted by molar-refractivity contribution is -0.154. The van der Waals surface area contributed by atoms with Gasteiger partial charge in [-0.2, -0.15) is 0 Å². The topological polar surface area (TPSA) is 102 Å². The fourth-order valence-corrected chi connectivity index (χ4v) is 4.34. The Morgan fingerprint density at radius 3 is 2.46 bits per heavy atom. The van der Waals surface area contributed by atoms with Gasteiger partial charge in [-0.25, -0.2) is 0 Å². The van der Waals surface area contributed by atoms with Crippen LogP contribution in [0, 0.1) is 23.7 Å². The molecule has 1 saturated heterocycles. The fraction of sp³-hybridized carbons (Fsp3) is 0.400. The molecule has 1 aromatic rings. The predicted octanol–water partition coefficient (Wildman–Crippen LogP) is 0.984. The number of amides is 3. The highest BCUT2D eigenvalue weighted by atomic mass is 16.5. The standard InChI is InChI=1S/C20H20N2O6/c1-27-14-4-2-3-13(8-14)21-15(23)10-28-16(24)9-22-19(25)17-11-5-6-12(7-11)18(17)20(22)26/h2-6,8,11-12,17-18H,7,9-10H2,1H3,(H,21,23)/t11-,12-,17+,18+/m0/s1. The normalized spacial score (nSPS) is 27.1. The zero-order chi connectivity index (χ0) is 19.8. The summed E-state index contributed by atoms with van der Waals surface area (Å²) in [6, 6.07) is 6.74. The van der Waals surface area contributed by atoms with Crippen molar-refractivity contribution >= 4 is 29.4 Å². The lowest BCUT2D eigenvalue weighted by Crippen LogP contribution is -2.38. The van der Waals surface area contributed by atoms with Crippen molar-refractivity contribution in [2.45, 2.75) is 6.42 Å². The highest BCUT2D eigenvalue weighted by molar-refractivity contribution is 6.08. The van der Waals surface area contributed by atoms with Gasteiger partial charge in [-0.3, -0.25) is 24.1 Å². The Morgan fingerprint density at radius 1 is 1.14 bits per heavy atom. The number of allylic oxidation sites excluding steroid dienone is 2. The van der Waals surface area contributed by atoms with Gasteiger partial charge in [-0.05, 0) is 30.4 Å². The Labute approximate surface area is 161 Å². The second-order valence-corrected chi connectivity index (χ2v) is 7.20. The molecule has 4 atom stereocenters. The van der Waals surface area contributed by atoms with Gasteiger partial charge in [0.2, 0.25) is 11.8 Å². The van der Waals surface area contributed by atoms with E-state index < -0.39 is 25.0 Å². The molecule has 1 N–H and O–H groups in total. The van der Waals surface area contributed by atoms with Gasteiger partial charge in [0.25, 0.3) is 5.91 Å². The molecule has 8 nitrogen and oxygen atoms in total.